The van der Waals surface area contributed by atoms with Crippen LogP contribution < -0.4 is 4.74 Å². The Morgan fingerprint density at radius 2 is 1.81 bits per heavy atom. The van der Waals surface area contributed by atoms with Gasteiger partial charge in [0.05, 0.1) is 25.3 Å². The number of para-hydroxylation sites is 1. The van der Waals surface area contributed by atoms with Gasteiger partial charge in [-0.2, -0.15) is 0 Å². The summed E-state index contributed by atoms with van der Waals surface area (Å²) in [5.74, 6) is -1.18. The molecule has 8 heteroatoms. The van der Waals surface area contributed by atoms with Crippen molar-refractivity contribution in [3.63, 3.8) is 0 Å². The third kappa shape index (κ3) is 4.19. The lowest BCUT2D eigenvalue weighted by molar-refractivity contribution is -0.115. The second-order valence-electron chi connectivity index (χ2n) is 11.1. The molecule has 0 bridgehead atoms. The van der Waals surface area contributed by atoms with E-state index in [1.54, 1.807) is 0 Å². The van der Waals surface area contributed by atoms with Gasteiger partial charge in [-0.1, -0.05) is 18.2 Å². The fraction of sp³-hybridized carbons (Fsp3) is 0.500. The van der Waals surface area contributed by atoms with Crippen LogP contribution in [0.25, 0.3) is 10.9 Å². The molecule has 0 aliphatic carbocycles. The number of nitrogens with one attached hydrogen (secondary N) is 1. The number of halogens is 3. The minimum atomic E-state index is -1.53. The highest BCUT2D eigenvalue weighted by molar-refractivity contribution is 5.85. The number of H-pyrrole nitrogens is 1. The second-order valence-corrected chi connectivity index (χ2v) is 11.1. The van der Waals surface area contributed by atoms with Crippen molar-refractivity contribution < 1.29 is 22.6 Å². The van der Waals surface area contributed by atoms with Gasteiger partial charge in [-0.05, 0) is 38.8 Å². The molecule has 1 aromatic heterocycles. The molecule has 2 saturated heterocycles. The van der Waals surface area contributed by atoms with E-state index in [4.69, 9.17) is 9.47 Å². The van der Waals surface area contributed by atoms with E-state index in [2.05, 4.69) is 9.88 Å². The Kier molecular flexibility index (Phi) is 5.81. The molecule has 6 rings (SSSR count). The van der Waals surface area contributed by atoms with Gasteiger partial charge in [0.1, 0.15) is 29.2 Å². The van der Waals surface area contributed by atoms with E-state index < -0.39 is 23.3 Å². The lowest BCUT2D eigenvalue weighted by Crippen LogP contribution is -2.62. The van der Waals surface area contributed by atoms with Crippen LogP contribution in [0.3, 0.4) is 0 Å². The quantitative estimate of drug-likeness (QED) is 0.519. The summed E-state index contributed by atoms with van der Waals surface area (Å²) < 4.78 is 57.5. The van der Waals surface area contributed by atoms with Gasteiger partial charge in [-0.25, -0.2) is 13.2 Å². The number of nitrogens with zero attached hydrogens (tertiary/aromatic N) is 2. The Morgan fingerprint density at radius 3 is 2.44 bits per heavy atom. The first kappa shape index (κ1) is 23.8. The number of benzene rings is 2. The Balaban J connectivity index is 1.35. The highest BCUT2D eigenvalue weighted by Crippen LogP contribution is 2.44. The standard InChI is InChI=1S/C28H32F3N3O2/c1-16-8-21-20-6-4-5-7-24(20)32-26(21)27(34(16)15-28(2,3)31)25-22(29)9-18(10-23(25)30)36-19-11-33(12-19)17-13-35-14-17/h4-7,9-10,16-17,19,27,32H,8,11-15H2,1-3H3/t16-,27-/m1/s1. The van der Waals surface area contributed by atoms with Gasteiger partial charge in [-0.3, -0.25) is 9.80 Å². The smallest absolute Gasteiger partial charge is 0.135 e. The predicted molar refractivity (Wildman–Crippen MR) is 132 cm³/mol. The molecule has 3 aromatic rings. The number of hydrogen-bond acceptors (Lipinski definition) is 4. The molecule has 3 aliphatic rings. The molecule has 2 fully saturated rings. The maximum Gasteiger partial charge on any atom is 0.135 e. The first-order chi connectivity index (χ1) is 17.2. The van der Waals surface area contributed by atoms with Crippen LogP contribution in [0.15, 0.2) is 36.4 Å². The van der Waals surface area contributed by atoms with Gasteiger partial charge in [0, 0.05) is 60.0 Å². The van der Waals surface area contributed by atoms with Crippen molar-refractivity contribution >= 4 is 10.9 Å². The van der Waals surface area contributed by atoms with E-state index in [0.717, 1.165) is 48.5 Å². The average Bonchev–Trinajstić information content (AvgIpc) is 3.09. The van der Waals surface area contributed by atoms with E-state index in [-0.39, 0.29) is 30.0 Å². The molecule has 2 aromatic carbocycles. The van der Waals surface area contributed by atoms with Gasteiger partial charge < -0.3 is 14.5 Å². The summed E-state index contributed by atoms with van der Waals surface area (Å²) in [5, 5.41) is 1.04. The Hall–Kier alpha value is -2.55. The molecule has 5 nitrogen and oxygen atoms in total. The molecule has 3 aliphatic heterocycles. The summed E-state index contributed by atoms with van der Waals surface area (Å²) in [6.45, 7) is 7.93. The molecule has 0 amide bonds. The number of aromatic amines is 1. The van der Waals surface area contributed by atoms with Crippen molar-refractivity contribution in [3.8, 4) is 5.75 Å². The van der Waals surface area contributed by atoms with Crippen LogP contribution in [0.1, 0.15) is 43.6 Å². The predicted octanol–water partition coefficient (Wildman–Crippen LogP) is 4.99. The van der Waals surface area contributed by atoms with Crippen molar-refractivity contribution in [1.29, 1.82) is 0 Å². The zero-order valence-electron chi connectivity index (χ0n) is 20.9. The number of alkyl halides is 1. The van der Waals surface area contributed by atoms with E-state index in [9.17, 15) is 4.39 Å². The Morgan fingerprint density at radius 1 is 1.11 bits per heavy atom. The average molecular weight is 500 g/mol. The fourth-order valence-electron chi connectivity index (χ4n) is 5.86. The molecule has 4 heterocycles. The van der Waals surface area contributed by atoms with Crippen molar-refractivity contribution in [2.75, 3.05) is 32.8 Å². The van der Waals surface area contributed by atoms with Crippen LogP contribution in [-0.4, -0.2) is 71.5 Å². The summed E-state index contributed by atoms with van der Waals surface area (Å²) >= 11 is 0. The third-order valence-corrected chi connectivity index (χ3v) is 7.72. The zero-order chi connectivity index (χ0) is 25.2. The third-order valence-electron chi connectivity index (χ3n) is 7.72. The molecular weight excluding hydrogens is 467 g/mol. The molecule has 192 valence electrons. The van der Waals surface area contributed by atoms with Crippen LogP contribution >= 0.6 is 0 Å². The summed E-state index contributed by atoms with van der Waals surface area (Å²) in [6.07, 6.45) is 0.565. The fourth-order valence-corrected chi connectivity index (χ4v) is 5.86. The van der Waals surface area contributed by atoms with Gasteiger partial charge >= 0.3 is 0 Å². The van der Waals surface area contributed by atoms with Crippen LogP contribution in [-0.2, 0) is 11.2 Å². The summed E-state index contributed by atoms with van der Waals surface area (Å²) in [7, 11) is 0. The molecule has 0 spiro atoms. The molecular formula is C28H32F3N3O2. The normalized spacial score (nSPS) is 23.9. The summed E-state index contributed by atoms with van der Waals surface area (Å²) in [6, 6.07) is 9.94. The van der Waals surface area contributed by atoms with Gasteiger partial charge in [0.15, 0.2) is 0 Å². The molecule has 2 atom stereocenters. The number of aromatic nitrogens is 1. The lowest BCUT2D eigenvalue weighted by Gasteiger charge is -2.46. The summed E-state index contributed by atoms with van der Waals surface area (Å²) in [4.78, 5) is 7.54. The minimum absolute atomic E-state index is 0.0492. The molecule has 0 radical (unpaired) electrons. The molecule has 36 heavy (non-hydrogen) atoms. The lowest BCUT2D eigenvalue weighted by atomic mass is 9.87. The van der Waals surface area contributed by atoms with E-state index >= 15 is 8.78 Å². The zero-order valence-corrected chi connectivity index (χ0v) is 20.9. The Labute approximate surface area is 209 Å². The first-order valence-corrected chi connectivity index (χ1v) is 12.7. The topological polar surface area (TPSA) is 40.7 Å². The second kappa shape index (κ2) is 8.78. The van der Waals surface area contributed by atoms with Gasteiger partial charge in [-0.15, -0.1) is 0 Å². The van der Waals surface area contributed by atoms with Crippen LogP contribution in [0.4, 0.5) is 13.2 Å². The van der Waals surface area contributed by atoms with Gasteiger partial charge in [0.25, 0.3) is 0 Å². The molecule has 0 unspecified atom stereocenters. The van der Waals surface area contributed by atoms with Crippen LogP contribution in [0.2, 0.25) is 0 Å². The van der Waals surface area contributed by atoms with Crippen LogP contribution in [0, 0.1) is 11.6 Å². The SMILES string of the molecule is C[C@@H]1Cc2c([nH]c3ccccc23)[C@@H](c2c(F)cc(OC3CN(C4COC4)C3)cc2F)N1CC(C)(C)F. The Bertz CT molecular complexity index is 1250. The van der Waals surface area contributed by atoms with Crippen molar-refractivity contribution in [1.82, 2.24) is 14.8 Å². The van der Waals surface area contributed by atoms with E-state index in [1.807, 2.05) is 36.1 Å². The van der Waals surface area contributed by atoms with Gasteiger partial charge in [0.2, 0.25) is 0 Å². The first-order valence-electron chi connectivity index (χ1n) is 12.7. The number of fused-ring (bicyclic) bond motifs is 3. The van der Waals surface area contributed by atoms with Crippen molar-refractivity contribution in [2.24, 2.45) is 0 Å². The maximum atomic E-state index is 15.7. The molecule has 1 N–H and O–H groups in total. The number of hydrogen-bond donors (Lipinski definition) is 1. The minimum Gasteiger partial charge on any atom is -0.488 e. The monoisotopic (exact) mass is 499 g/mol. The summed E-state index contributed by atoms with van der Waals surface area (Å²) in [5.41, 5.74) is 1.06. The van der Waals surface area contributed by atoms with Crippen LogP contribution in [0.5, 0.6) is 5.75 Å². The van der Waals surface area contributed by atoms with E-state index in [1.165, 1.54) is 26.0 Å². The largest absolute Gasteiger partial charge is 0.488 e. The van der Waals surface area contributed by atoms with Crippen molar-refractivity contribution in [3.05, 3.63) is 64.9 Å². The number of ether oxygens (including phenoxy) is 2. The van der Waals surface area contributed by atoms with Crippen molar-refractivity contribution in [2.45, 2.75) is 57.1 Å². The number of rotatable bonds is 6. The highest BCUT2D eigenvalue weighted by atomic mass is 19.1. The highest BCUT2D eigenvalue weighted by Gasteiger charge is 2.41. The number of likely N-dealkylation sites (tertiary alicyclic amines) is 1. The molecule has 0 saturated carbocycles. The van der Waals surface area contributed by atoms with E-state index in [0.29, 0.717) is 12.5 Å². The maximum absolute atomic E-state index is 15.7.